The highest BCUT2D eigenvalue weighted by Gasteiger charge is 2.28. The molecule has 3 rings (SSSR count). The molecule has 1 atom stereocenters. The van der Waals surface area contributed by atoms with Gasteiger partial charge >= 0.3 is 12.1 Å². The Balaban J connectivity index is 1.61. The number of urea groups is 1. The number of nitrogens with one attached hydrogen (secondary N) is 2. The number of nitrogens with zero attached hydrogens (tertiary/aromatic N) is 2. The molecule has 1 aromatic carbocycles. The molecule has 8 nitrogen and oxygen atoms in total. The average molecular weight is 374 g/mol. The van der Waals surface area contributed by atoms with Crippen LogP contribution in [-0.4, -0.2) is 48.3 Å². The van der Waals surface area contributed by atoms with Crippen molar-refractivity contribution in [3.8, 4) is 5.75 Å². The fourth-order valence-electron chi connectivity index (χ4n) is 2.74. The molecule has 2 N–H and O–H groups in total. The van der Waals surface area contributed by atoms with Gasteiger partial charge in [-0.1, -0.05) is 0 Å². The van der Waals surface area contributed by atoms with E-state index in [9.17, 15) is 14.0 Å². The summed E-state index contributed by atoms with van der Waals surface area (Å²) in [7, 11) is 1.32. The van der Waals surface area contributed by atoms with Gasteiger partial charge in [0.25, 0.3) is 0 Å². The number of rotatable bonds is 4. The molecule has 0 spiro atoms. The summed E-state index contributed by atoms with van der Waals surface area (Å²) >= 11 is 0. The minimum Gasteiger partial charge on any atom is -0.488 e. The van der Waals surface area contributed by atoms with Gasteiger partial charge in [0.1, 0.15) is 17.7 Å². The van der Waals surface area contributed by atoms with Crippen molar-refractivity contribution in [2.45, 2.75) is 12.5 Å². The lowest BCUT2D eigenvalue weighted by atomic mass is 10.2. The van der Waals surface area contributed by atoms with E-state index in [1.54, 1.807) is 18.3 Å². The number of amides is 3. The van der Waals surface area contributed by atoms with Gasteiger partial charge in [0.15, 0.2) is 0 Å². The third kappa shape index (κ3) is 5.06. The second kappa shape index (κ2) is 8.35. The van der Waals surface area contributed by atoms with E-state index in [1.807, 2.05) is 0 Å². The van der Waals surface area contributed by atoms with Crippen LogP contribution in [-0.2, 0) is 4.74 Å². The van der Waals surface area contributed by atoms with Crippen LogP contribution in [0.15, 0.2) is 42.7 Å². The fraction of sp³-hybridized carbons (Fsp3) is 0.278. The second-order valence-corrected chi connectivity index (χ2v) is 5.94. The Morgan fingerprint density at radius 3 is 2.81 bits per heavy atom. The van der Waals surface area contributed by atoms with Gasteiger partial charge in [-0.15, -0.1) is 0 Å². The molecule has 1 fully saturated rings. The standard InChI is InChI=1S/C18H19FN4O4/c1-26-18(25)23-6-4-15(11-23)27-16-8-12(19)7-14(9-16)22-17(24)21-13-3-2-5-20-10-13/h2-3,5,7-10,15H,4,6,11H2,1H3,(H2,21,22,24). The first-order valence-electron chi connectivity index (χ1n) is 8.31. The van der Waals surface area contributed by atoms with Crippen LogP contribution in [0.4, 0.5) is 25.4 Å². The summed E-state index contributed by atoms with van der Waals surface area (Å²) < 4.78 is 24.3. The SMILES string of the molecule is COC(=O)N1CCC(Oc2cc(F)cc(NC(=O)Nc3cccnc3)c2)C1. The van der Waals surface area contributed by atoms with Crippen molar-refractivity contribution >= 4 is 23.5 Å². The molecule has 0 saturated carbocycles. The maximum atomic E-state index is 13.9. The molecule has 27 heavy (non-hydrogen) atoms. The molecule has 2 heterocycles. The Kier molecular flexibility index (Phi) is 5.70. The van der Waals surface area contributed by atoms with Crippen LogP contribution in [0.5, 0.6) is 5.75 Å². The highest BCUT2D eigenvalue weighted by Crippen LogP contribution is 2.24. The molecular formula is C18H19FN4O4. The Bertz CT molecular complexity index is 818. The van der Waals surface area contributed by atoms with Gasteiger partial charge in [-0.05, 0) is 18.2 Å². The number of anilines is 2. The van der Waals surface area contributed by atoms with E-state index in [1.165, 1.54) is 36.4 Å². The largest absolute Gasteiger partial charge is 0.488 e. The third-order valence-electron chi connectivity index (χ3n) is 3.93. The molecule has 9 heteroatoms. The predicted molar refractivity (Wildman–Crippen MR) is 96.3 cm³/mol. The minimum atomic E-state index is -0.549. The van der Waals surface area contributed by atoms with E-state index in [-0.39, 0.29) is 17.5 Å². The lowest BCUT2D eigenvalue weighted by Crippen LogP contribution is -2.30. The number of hydrogen-bond donors (Lipinski definition) is 2. The van der Waals surface area contributed by atoms with Gasteiger partial charge < -0.3 is 25.0 Å². The first-order chi connectivity index (χ1) is 13.0. The van der Waals surface area contributed by atoms with E-state index < -0.39 is 17.9 Å². The molecule has 1 aromatic heterocycles. The molecular weight excluding hydrogens is 355 g/mol. The van der Waals surface area contributed by atoms with E-state index in [0.29, 0.717) is 25.2 Å². The molecule has 142 valence electrons. The molecule has 0 aliphatic carbocycles. The molecule has 0 radical (unpaired) electrons. The summed E-state index contributed by atoms with van der Waals surface area (Å²) in [5.74, 6) is -0.282. The van der Waals surface area contributed by atoms with E-state index >= 15 is 0 Å². The van der Waals surface area contributed by atoms with Crippen molar-refractivity contribution in [2.75, 3.05) is 30.8 Å². The van der Waals surface area contributed by atoms with Crippen molar-refractivity contribution < 1.29 is 23.5 Å². The first kappa shape index (κ1) is 18.4. The number of aromatic nitrogens is 1. The average Bonchev–Trinajstić information content (AvgIpc) is 3.09. The second-order valence-electron chi connectivity index (χ2n) is 5.94. The highest BCUT2D eigenvalue weighted by molar-refractivity contribution is 5.99. The van der Waals surface area contributed by atoms with Crippen LogP contribution in [0, 0.1) is 5.82 Å². The van der Waals surface area contributed by atoms with Gasteiger partial charge in [-0.3, -0.25) is 4.98 Å². The number of hydrogen-bond acceptors (Lipinski definition) is 5. The maximum Gasteiger partial charge on any atom is 0.409 e. The normalized spacial score (nSPS) is 15.9. The number of ether oxygens (including phenoxy) is 2. The number of carbonyl (C=O) groups is 2. The Hall–Kier alpha value is -3.36. The fourth-order valence-corrected chi connectivity index (χ4v) is 2.74. The van der Waals surface area contributed by atoms with Gasteiger partial charge in [0.2, 0.25) is 0 Å². The number of carbonyl (C=O) groups excluding carboxylic acids is 2. The summed E-state index contributed by atoms with van der Waals surface area (Å²) in [4.78, 5) is 29.0. The monoisotopic (exact) mass is 374 g/mol. The smallest absolute Gasteiger partial charge is 0.409 e. The lowest BCUT2D eigenvalue weighted by Gasteiger charge is -2.16. The van der Waals surface area contributed by atoms with Crippen molar-refractivity contribution in [1.82, 2.24) is 9.88 Å². The highest BCUT2D eigenvalue weighted by atomic mass is 19.1. The Morgan fingerprint density at radius 1 is 1.26 bits per heavy atom. The minimum absolute atomic E-state index is 0.245. The molecule has 1 saturated heterocycles. The molecule has 1 aliphatic rings. The van der Waals surface area contributed by atoms with E-state index in [4.69, 9.17) is 4.74 Å². The first-order valence-corrected chi connectivity index (χ1v) is 8.31. The van der Waals surface area contributed by atoms with Crippen LogP contribution in [0.3, 0.4) is 0 Å². The zero-order valence-electron chi connectivity index (χ0n) is 14.6. The maximum absolute atomic E-state index is 13.9. The van der Waals surface area contributed by atoms with Crippen LogP contribution in [0.2, 0.25) is 0 Å². The zero-order valence-corrected chi connectivity index (χ0v) is 14.6. The van der Waals surface area contributed by atoms with E-state index in [0.717, 1.165) is 0 Å². The number of methoxy groups -OCH3 is 1. The Morgan fingerprint density at radius 2 is 2.07 bits per heavy atom. The summed E-state index contributed by atoms with van der Waals surface area (Å²) in [6.45, 7) is 0.860. The van der Waals surface area contributed by atoms with Gasteiger partial charge in [0, 0.05) is 37.0 Å². The molecule has 2 aromatic rings. The predicted octanol–water partition coefficient (Wildman–Crippen LogP) is 3.08. The number of halogens is 1. The van der Waals surface area contributed by atoms with Crippen molar-refractivity contribution in [3.63, 3.8) is 0 Å². The van der Waals surface area contributed by atoms with Crippen LogP contribution in [0.25, 0.3) is 0 Å². The molecule has 1 aliphatic heterocycles. The van der Waals surface area contributed by atoms with Crippen molar-refractivity contribution in [3.05, 3.63) is 48.5 Å². The van der Waals surface area contributed by atoms with Crippen LogP contribution < -0.4 is 15.4 Å². The summed E-state index contributed by atoms with van der Waals surface area (Å²) in [5.41, 5.74) is 0.756. The molecule has 1 unspecified atom stereocenters. The summed E-state index contributed by atoms with van der Waals surface area (Å²) in [5, 5.41) is 5.14. The van der Waals surface area contributed by atoms with Gasteiger partial charge in [-0.25, -0.2) is 14.0 Å². The summed E-state index contributed by atoms with van der Waals surface area (Å²) in [6.07, 6.45) is 2.99. The molecule has 3 amide bonds. The number of benzene rings is 1. The Labute approximate surface area is 155 Å². The summed E-state index contributed by atoms with van der Waals surface area (Å²) in [6, 6.07) is 6.77. The number of pyridine rings is 1. The van der Waals surface area contributed by atoms with Crippen LogP contribution >= 0.6 is 0 Å². The quantitative estimate of drug-likeness (QED) is 0.858. The third-order valence-corrected chi connectivity index (χ3v) is 3.93. The van der Waals surface area contributed by atoms with Gasteiger partial charge in [-0.2, -0.15) is 0 Å². The van der Waals surface area contributed by atoms with Crippen molar-refractivity contribution in [2.24, 2.45) is 0 Å². The van der Waals surface area contributed by atoms with Crippen LogP contribution in [0.1, 0.15) is 6.42 Å². The van der Waals surface area contributed by atoms with E-state index in [2.05, 4.69) is 20.4 Å². The zero-order chi connectivity index (χ0) is 19.2. The van der Waals surface area contributed by atoms with Gasteiger partial charge in [0.05, 0.1) is 25.5 Å². The number of likely N-dealkylation sites (tertiary alicyclic amines) is 1. The molecule has 0 bridgehead atoms. The lowest BCUT2D eigenvalue weighted by molar-refractivity contribution is 0.125. The van der Waals surface area contributed by atoms with Crippen molar-refractivity contribution in [1.29, 1.82) is 0 Å². The topological polar surface area (TPSA) is 92.8 Å².